The van der Waals surface area contributed by atoms with E-state index in [9.17, 15) is 9.59 Å². The average molecular weight is 404 g/mol. The van der Waals surface area contributed by atoms with Crippen LogP contribution in [0.1, 0.15) is 36.1 Å². The Labute approximate surface area is 168 Å². The molecule has 0 fully saturated rings. The zero-order valence-electron chi connectivity index (χ0n) is 16.0. The Balaban J connectivity index is 2.09. The maximum Gasteiger partial charge on any atom is 0.308 e. The van der Waals surface area contributed by atoms with Gasteiger partial charge < -0.3 is 19.5 Å². The molecule has 2 aromatic rings. The van der Waals surface area contributed by atoms with Gasteiger partial charge in [0.25, 0.3) is 5.91 Å². The second-order valence-corrected chi connectivity index (χ2v) is 6.87. The lowest BCUT2D eigenvalue weighted by molar-refractivity contribution is -0.150. The number of carbonyl (C=O) groups is 2. The maximum absolute atomic E-state index is 12.7. The molecule has 28 heavy (non-hydrogen) atoms. The average Bonchev–Trinajstić information content (AvgIpc) is 2.78. The van der Waals surface area contributed by atoms with Gasteiger partial charge in [0.2, 0.25) is 0 Å². The fraction of sp³-hybridized carbons (Fsp3) is 0.333. The molecule has 0 bridgehead atoms. The van der Waals surface area contributed by atoms with E-state index in [2.05, 4.69) is 5.32 Å². The molecule has 7 heteroatoms. The van der Waals surface area contributed by atoms with Crippen molar-refractivity contribution in [3.05, 3.63) is 58.1 Å². The molecule has 1 aliphatic rings. The third-order valence-corrected chi connectivity index (χ3v) is 4.77. The van der Waals surface area contributed by atoms with Crippen LogP contribution in [0.15, 0.2) is 36.4 Å². The van der Waals surface area contributed by atoms with E-state index in [1.165, 1.54) is 0 Å². The minimum atomic E-state index is -1.01. The topological polar surface area (TPSA) is 73.9 Å². The van der Waals surface area contributed by atoms with Crippen LogP contribution in [0, 0.1) is 6.92 Å². The molecule has 6 nitrogen and oxygen atoms in total. The summed E-state index contributed by atoms with van der Waals surface area (Å²) in [4.78, 5) is 24.7. The highest BCUT2D eigenvalue weighted by Gasteiger charge is 2.35. The third kappa shape index (κ3) is 4.13. The SMILES string of the molecule is CCOC(=O)CC1OC(c2cccc(C)c2OC)c2cc(Cl)ccc2NC1=O. The largest absolute Gasteiger partial charge is 0.496 e. The van der Waals surface area contributed by atoms with Crippen molar-refractivity contribution in [2.75, 3.05) is 19.0 Å². The Morgan fingerprint density at radius 1 is 1.25 bits per heavy atom. The number of ether oxygens (including phenoxy) is 3. The van der Waals surface area contributed by atoms with Crippen molar-refractivity contribution in [1.82, 2.24) is 0 Å². The van der Waals surface area contributed by atoms with E-state index in [1.807, 2.05) is 25.1 Å². The number of carbonyl (C=O) groups excluding carboxylic acids is 2. The summed E-state index contributed by atoms with van der Waals surface area (Å²) in [5.41, 5.74) is 2.94. The van der Waals surface area contributed by atoms with Gasteiger partial charge in [-0.2, -0.15) is 0 Å². The van der Waals surface area contributed by atoms with E-state index in [-0.39, 0.29) is 13.0 Å². The molecular formula is C21H22ClNO5. The predicted octanol–water partition coefficient (Wildman–Crippen LogP) is 4.04. The normalized spacial score (nSPS) is 18.6. The van der Waals surface area contributed by atoms with Crippen LogP contribution >= 0.6 is 11.6 Å². The number of hydrogen-bond acceptors (Lipinski definition) is 5. The van der Waals surface area contributed by atoms with Crippen molar-refractivity contribution in [2.45, 2.75) is 32.5 Å². The van der Waals surface area contributed by atoms with Crippen LogP contribution in [0.4, 0.5) is 5.69 Å². The molecule has 0 spiro atoms. The summed E-state index contributed by atoms with van der Waals surface area (Å²) in [6, 6.07) is 10.9. The van der Waals surface area contributed by atoms with Gasteiger partial charge in [-0.25, -0.2) is 0 Å². The van der Waals surface area contributed by atoms with E-state index >= 15 is 0 Å². The molecule has 0 saturated heterocycles. The van der Waals surface area contributed by atoms with Crippen molar-refractivity contribution in [2.24, 2.45) is 0 Å². The minimum Gasteiger partial charge on any atom is -0.496 e. The third-order valence-electron chi connectivity index (χ3n) is 4.53. The number of hydrogen-bond donors (Lipinski definition) is 1. The second kappa shape index (κ2) is 8.63. The second-order valence-electron chi connectivity index (χ2n) is 6.43. The molecule has 148 valence electrons. The van der Waals surface area contributed by atoms with Crippen molar-refractivity contribution >= 4 is 29.2 Å². The number of anilines is 1. The van der Waals surface area contributed by atoms with Gasteiger partial charge in [-0.3, -0.25) is 9.59 Å². The van der Waals surface area contributed by atoms with E-state index in [0.29, 0.717) is 22.0 Å². The molecule has 0 aliphatic carbocycles. The molecule has 0 aromatic heterocycles. The first-order valence-electron chi connectivity index (χ1n) is 8.99. The first kappa shape index (κ1) is 20.2. The number of esters is 1. The van der Waals surface area contributed by atoms with E-state index in [0.717, 1.165) is 11.1 Å². The number of halogens is 1. The van der Waals surface area contributed by atoms with Gasteiger partial charge in [0.15, 0.2) is 0 Å². The number of nitrogens with one attached hydrogen (secondary N) is 1. The monoisotopic (exact) mass is 403 g/mol. The van der Waals surface area contributed by atoms with Gasteiger partial charge in [0.1, 0.15) is 18.0 Å². The highest BCUT2D eigenvalue weighted by atomic mass is 35.5. The number of rotatable bonds is 5. The van der Waals surface area contributed by atoms with Crippen LogP contribution in [0.2, 0.25) is 5.02 Å². The Bertz CT molecular complexity index is 898. The van der Waals surface area contributed by atoms with Gasteiger partial charge in [0, 0.05) is 21.8 Å². The van der Waals surface area contributed by atoms with Crippen LogP contribution in [0.25, 0.3) is 0 Å². The number of methoxy groups -OCH3 is 1. The fourth-order valence-corrected chi connectivity index (χ4v) is 3.47. The zero-order valence-corrected chi connectivity index (χ0v) is 16.7. The number of fused-ring (bicyclic) bond motifs is 1. The van der Waals surface area contributed by atoms with Gasteiger partial charge in [-0.05, 0) is 37.6 Å². The summed E-state index contributed by atoms with van der Waals surface area (Å²) in [6.07, 6.45) is -1.85. The van der Waals surface area contributed by atoms with Crippen molar-refractivity contribution in [1.29, 1.82) is 0 Å². The quantitative estimate of drug-likeness (QED) is 0.763. The molecule has 2 aromatic carbocycles. The molecule has 3 rings (SSSR count). The Kier molecular flexibility index (Phi) is 6.21. The molecule has 2 unspecified atom stereocenters. The first-order chi connectivity index (χ1) is 13.4. The molecule has 2 atom stereocenters. The summed E-state index contributed by atoms with van der Waals surface area (Å²) in [7, 11) is 1.58. The van der Waals surface area contributed by atoms with E-state index in [4.69, 9.17) is 25.8 Å². The number of benzene rings is 2. The Morgan fingerprint density at radius 2 is 2.04 bits per heavy atom. The summed E-state index contributed by atoms with van der Waals surface area (Å²) >= 11 is 6.21. The van der Waals surface area contributed by atoms with Crippen molar-refractivity contribution in [3.63, 3.8) is 0 Å². The fourth-order valence-electron chi connectivity index (χ4n) is 3.29. The molecule has 1 aliphatic heterocycles. The predicted molar refractivity (Wildman–Crippen MR) is 106 cm³/mol. The van der Waals surface area contributed by atoms with Crippen LogP contribution in [-0.4, -0.2) is 31.7 Å². The number of aryl methyl sites for hydroxylation is 1. The lowest BCUT2D eigenvalue weighted by atomic mass is 9.97. The van der Waals surface area contributed by atoms with Crippen LogP contribution in [-0.2, 0) is 19.1 Å². The Morgan fingerprint density at radius 3 is 2.75 bits per heavy atom. The number of para-hydroxylation sites is 1. The summed E-state index contributed by atoms with van der Waals surface area (Å²) in [6.45, 7) is 3.87. The highest BCUT2D eigenvalue weighted by Crippen LogP contribution is 2.41. The van der Waals surface area contributed by atoms with Crippen molar-refractivity contribution in [3.8, 4) is 5.75 Å². The highest BCUT2D eigenvalue weighted by molar-refractivity contribution is 6.30. The standard InChI is InChI=1S/C21H22ClNO5/c1-4-27-18(24)11-17-21(25)23-16-9-8-13(22)10-15(16)20(28-17)14-7-5-6-12(2)19(14)26-3/h5-10,17,20H,4,11H2,1-3H3,(H,23,25). The molecule has 1 heterocycles. The number of amides is 1. The van der Waals surface area contributed by atoms with Gasteiger partial charge in [0.05, 0.1) is 20.1 Å². The molecule has 0 radical (unpaired) electrons. The van der Waals surface area contributed by atoms with Gasteiger partial charge >= 0.3 is 5.97 Å². The lowest BCUT2D eigenvalue weighted by Gasteiger charge is -2.24. The van der Waals surface area contributed by atoms with Gasteiger partial charge in [-0.15, -0.1) is 0 Å². The van der Waals surface area contributed by atoms with Gasteiger partial charge in [-0.1, -0.05) is 29.8 Å². The molecule has 0 saturated carbocycles. The summed E-state index contributed by atoms with van der Waals surface area (Å²) in [5, 5.41) is 3.34. The van der Waals surface area contributed by atoms with Crippen molar-refractivity contribution < 1.29 is 23.8 Å². The molecule has 1 N–H and O–H groups in total. The molecule has 1 amide bonds. The van der Waals surface area contributed by atoms with E-state index < -0.39 is 24.1 Å². The smallest absolute Gasteiger partial charge is 0.308 e. The van der Waals surface area contributed by atoms with E-state index in [1.54, 1.807) is 32.2 Å². The first-order valence-corrected chi connectivity index (χ1v) is 9.37. The minimum absolute atomic E-state index is 0.188. The summed E-state index contributed by atoms with van der Waals surface area (Å²) < 4.78 is 16.7. The Hall–Kier alpha value is -2.57. The summed E-state index contributed by atoms with van der Waals surface area (Å²) in [5.74, 6) is -0.255. The zero-order chi connectivity index (χ0) is 20.3. The van der Waals surface area contributed by atoms with Crippen LogP contribution in [0.5, 0.6) is 5.75 Å². The van der Waals surface area contributed by atoms with Crippen LogP contribution < -0.4 is 10.1 Å². The lowest BCUT2D eigenvalue weighted by Crippen LogP contribution is -2.32. The van der Waals surface area contributed by atoms with Crippen LogP contribution in [0.3, 0.4) is 0 Å². The maximum atomic E-state index is 12.7. The molecular weight excluding hydrogens is 382 g/mol.